The van der Waals surface area contributed by atoms with E-state index in [1.807, 2.05) is 18.2 Å². The van der Waals surface area contributed by atoms with Gasteiger partial charge in [0.2, 0.25) is 0 Å². The molecule has 6 heteroatoms. The van der Waals surface area contributed by atoms with Gasteiger partial charge in [0, 0.05) is 12.1 Å². The first-order valence-electron chi connectivity index (χ1n) is 6.16. The minimum atomic E-state index is 0.210. The standard InChI is InChI=1S/C8H7NO2.C7H5NO2/c1-10-6-2-3-7-8(4-6)11-5-9-7;9-5-1-2-7-6(3-5)8-4-10-7/h2-5H,1H3;1-4,9H. The van der Waals surface area contributed by atoms with E-state index in [2.05, 4.69) is 9.97 Å². The number of ether oxygens (including phenoxy) is 1. The molecule has 4 rings (SSSR count). The lowest BCUT2D eigenvalue weighted by Crippen LogP contribution is -1.80. The molecule has 0 aliphatic heterocycles. The largest absolute Gasteiger partial charge is 0.508 e. The van der Waals surface area contributed by atoms with E-state index in [-0.39, 0.29) is 5.75 Å². The lowest BCUT2D eigenvalue weighted by molar-refractivity contribution is 0.414. The van der Waals surface area contributed by atoms with E-state index in [4.69, 9.17) is 18.7 Å². The molecule has 0 saturated carbocycles. The van der Waals surface area contributed by atoms with Gasteiger partial charge in [-0.3, -0.25) is 0 Å². The van der Waals surface area contributed by atoms with Crippen LogP contribution in [0.3, 0.4) is 0 Å². The fourth-order valence-electron chi connectivity index (χ4n) is 1.81. The predicted molar refractivity (Wildman–Crippen MR) is 76.2 cm³/mol. The molecule has 0 fully saturated rings. The number of aromatic nitrogens is 2. The van der Waals surface area contributed by atoms with E-state index >= 15 is 0 Å². The minimum Gasteiger partial charge on any atom is -0.508 e. The summed E-state index contributed by atoms with van der Waals surface area (Å²) in [6.07, 6.45) is 2.77. The maximum Gasteiger partial charge on any atom is 0.181 e. The summed E-state index contributed by atoms with van der Waals surface area (Å²) in [5.74, 6) is 0.996. The molecule has 0 radical (unpaired) electrons. The highest BCUT2D eigenvalue weighted by atomic mass is 16.5. The molecular weight excluding hydrogens is 272 g/mol. The van der Waals surface area contributed by atoms with E-state index in [0.29, 0.717) is 11.1 Å². The van der Waals surface area contributed by atoms with Crippen molar-refractivity contribution in [2.24, 2.45) is 0 Å². The van der Waals surface area contributed by atoms with Crippen molar-refractivity contribution in [2.75, 3.05) is 7.11 Å². The van der Waals surface area contributed by atoms with E-state index in [9.17, 15) is 0 Å². The number of rotatable bonds is 1. The lowest BCUT2D eigenvalue weighted by atomic mass is 10.3. The van der Waals surface area contributed by atoms with E-state index in [0.717, 1.165) is 16.8 Å². The Hall–Kier alpha value is -3.02. The predicted octanol–water partition coefficient (Wildman–Crippen LogP) is 3.37. The van der Waals surface area contributed by atoms with Crippen LogP contribution in [0.15, 0.2) is 58.0 Å². The van der Waals surface area contributed by atoms with Gasteiger partial charge in [-0.15, -0.1) is 0 Å². The molecule has 0 aliphatic carbocycles. The maximum absolute atomic E-state index is 8.97. The first kappa shape index (κ1) is 13.0. The summed E-state index contributed by atoms with van der Waals surface area (Å²) in [6.45, 7) is 0. The third kappa shape index (κ3) is 2.79. The molecule has 2 aromatic heterocycles. The van der Waals surface area contributed by atoms with E-state index in [1.54, 1.807) is 25.3 Å². The summed E-state index contributed by atoms with van der Waals surface area (Å²) in [7, 11) is 1.62. The fraction of sp³-hybridized carbons (Fsp3) is 0.0667. The second-order valence-electron chi connectivity index (χ2n) is 4.19. The van der Waals surface area contributed by atoms with Crippen LogP contribution in [-0.4, -0.2) is 22.2 Å². The van der Waals surface area contributed by atoms with Crippen LogP contribution in [0.4, 0.5) is 0 Å². The summed E-state index contributed by atoms with van der Waals surface area (Å²) in [4.78, 5) is 7.82. The molecule has 0 amide bonds. The summed E-state index contributed by atoms with van der Waals surface area (Å²) in [5, 5.41) is 8.97. The summed E-state index contributed by atoms with van der Waals surface area (Å²) >= 11 is 0. The molecule has 6 nitrogen and oxygen atoms in total. The van der Waals surface area contributed by atoms with Crippen LogP contribution >= 0.6 is 0 Å². The number of oxazole rings is 2. The highest BCUT2D eigenvalue weighted by Crippen LogP contribution is 2.19. The van der Waals surface area contributed by atoms with Crippen molar-refractivity contribution < 1.29 is 18.7 Å². The molecule has 0 aliphatic rings. The molecule has 2 aromatic carbocycles. The SMILES string of the molecule is COc1ccc2ncoc2c1.Oc1ccc2ocnc2c1. The number of hydrogen-bond donors (Lipinski definition) is 1. The smallest absolute Gasteiger partial charge is 0.181 e. The summed E-state index contributed by atoms with van der Waals surface area (Å²) in [6, 6.07) is 10.3. The van der Waals surface area contributed by atoms with Crippen molar-refractivity contribution in [1.29, 1.82) is 0 Å². The van der Waals surface area contributed by atoms with Gasteiger partial charge in [0.05, 0.1) is 7.11 Å². The monoisotopic (exact) mass is 284 g/mol. The fourth-order valence-corrected chi connectivity index (χ4v) is 1.81. The molecule has 0 atom stereocenters. The highest BCUT2D eigenvalue weighted by Gasteiger charge is 1.98. The van der Waals surface area contributed by atoms with E-state index < -0.39 is 0 Å². The Balaban J connectivity index is 0.000000126. The number of phenolic OH excluding ortho intramolecular Hbond substituents is 1. The van der Waals surface area contributed by atoms with Crippen molar-refractivity contribution in [3.05, 3.63) is 49.2 Å². The average Bonchev–Trinajstić information content (AvgIpc) is 3.15. The van der Waals surface area contributed by atoms with Crippen molar-refractivity contribution in [3.63, 3.8) is 0 Å². The lowest BCUT2D eigenvalue weighted by Gasteiger charge is -1.95. The molecule has 0 spiro atoms. The van der Waals surface area contributed by atoms with Gasteiger partial charge in [-0.25, -0.2) is 9.97 Å². The van der Waals surface area contributed by atoms with Crippen LogP contribution in [0.25, 0.3) is 22.2 Å². The van der Waals surface area contributed by atoms with Gasteiger partial charge in [-0.05, 0) is 24.3 Å². The van der Waals surface area contributed by atoms with Crippen molar-refractivity contribution in [3.8, 4) is 11.5 Å². The number of methoxy groups -OCH3 is 1. The molecule has 0 unspecified atom stereocenters. The van der Waals surface area contributed by atoms with Crippen LogP contribution in [0.5, 0.6) is 11.5 Å². The summed E-state index contributed by atoms with van der Waals surface area (Å²) < 4.78 is 15.0. The third-order valence-electron chi connectivity index (χ3n) is 2.85. The zero-order chi connectivity index (χ0) is 14.7. The zero-order valence-electron chi connectivity index (χ0n) is 11.2. The summed E-state index contributed by atoms with van der Waals surface area (Å²) in [5.41, 5.74) is 2.98. The Labute approximate surface area is 119 Å². The van der Waals surface area contributed by atoms with Gasteiger partial charge in [0.15, 0.2) is 24.0 Å². The second-order valence-corrected chi connectivity index (χ2v) is 4.19. The van der Waals surface area contributed by atoms with E-state index in [1.165, 1.54) is 12.8 Å². The number of phenols is 1. The zero-order valence-corrected chi connectivity index (χ0v) is 11.2. The Bertz CT molecular complexity index is 866. The Kier molecular flexibility index (Phi) is 3.42. The quantitative estimate of drug-likeness (QED) is 0.577. The molecule has 21 heavy (non-hydrogen) atoms. The number of benzene rings is 2. The third-order valence-corrected chi connectivity index (χ3v) is 2.85. The topological polar surface area (TPSA) is 81.5 Å². The van der Waals surface area contributed by atoms with Crippen LogP contribution in [-0.2, 0) is 0 Å². The minimum absolute atomic E-state index is 0.210. The number of aromatic hydroxyl groups is 1. The number of fused-ring (bicyclic) bond motifs is 2. The Morgan fingerprint density at radius 2 is 1.67 bits per heavy atom. The van der Waals surface area contributed by atoms with Gasteiger partial charge in [-0.1, -0.05) is 0 Å². The molecule has 1 N–H and O–H groups in total. The van der Waals surface area contributed by atoms with Crippen molar-refractivity contribution in [1.82, 2.24) is 9.97 Å². The average molecular weight is 284 g/mol. The van der Waals surface area contributed by atoms with Gasteiger partial charge >= 0.3 is 0 Å². The first-order chi connectivity index (χ1) is 10.3. The number of nitrogens with zero attached hydrogens (tertiary/aromatic N) is 2. The van der Waals surface area contributed by atoms with Gasteiger partial charge in [0.25, 0.3) is 0 Å². The molecule has 2 heterocycles. The van der Waals surface area contributed by atoms with Gasteiger partial charge in [0.1, 0.15) is 22.5 Å². The maximum atomic E-state index is 8.97. The molecule has 4 aromatic rings. The molecular formula is C15H12N2O4. The van der Waals surface area contributed by atoms with Crippen LogP contribution < -0.4 is 4.74 Å². The normalized spacial score (nSPS) is 10.3. The number of hydrogen-bond acceptors (Lipinski definition) is 6. The molecule has 106 valence electrons. The van der Waals surface area contributed by atoms with Crippen molar-refractivity contribution in [2.45, 2.75) is 0 Å². The second kappa shape index (κ2) is 5.54. The highest BCUT2D eigenvalue weighted by molar-refractivity contribution is 5.74. The van der Waals surface area contributed by atoms with Gasteiger partial charge in [-0.2, -0.15) is 0 Å². The van der Waals surface area contributed by atoms with Gasteiger partial charge < -0.3 is 18.7 Å². The molecule has 0 bridgehead atoms. The van der Waals surface area contributed by atoms with Crippen LogP contribution in [0.1, 0.15) is 0 Å². The van der Waals surface area contributed by atoms with Crippen LogP contribution in [0, 0.1) is 0 Å². The Morgan fingerprint density at radius 1 is 0.905 bits per heavy atom. The Morgan fingerprint density at radius 3 is 2.48 bits per heavy atom. The molecule has 0 saturated heterocycles. The van der Waals surface area contributed by atoms with Crippen LogP contribution in [0.2, 0.25) is 0 Å². The first-order valence-corrected chi connectivity index (χ1v) is 6.16. The van der Waals surface area contributed by atoms with Crippen molar-refractivity contribution >= 4 is 22.2 Å².